The summed E-state index contributed by atoms with van der Waals surface area (Å²) in [5.41, 5.74) is 0.666. The van der Waals surface area contributed by atoms with Gasteiger partial charge in [0.1, 0.15) is 0 Å². The molecule has 1 aromatic rings. The smallest absolute Gasteiger partial charge is 0.335 e. The molecule has 3 nitrogen and oxygen atoms in total. The first kappa shape index (κ1) is 7.29. The molecule has 0 atom stereocenters. The van der Waals surface area contributed by atoms with Crippen LogP contribution >= 0.6 is 0 Å². The summed E-state index contributed by atoms with van der Waals surface area (Å²) in [7, 11) is 0. The third-order valence-corrected chi connectivity index (χ3v) is 1.26. The standard InChI is InChI=1S/C8H5NO2/c9-5-6-1-3-7(4-2-6)8(10)11/h1-4H,(H,10,11)/i8-1. The molecular formula is C8H5NO2. The Hall–Kier alpha value is -1.82. The van der Waals surface area contributed by atoms with Crippen molar-refractivity contribution in [2.24, 2.45) is 0 Å². The third kappa shape index (κ3) is 1.55. The number of aromatic carboxylic acids is 1. The molecule has 11 heavy (non-hydrogen) atoms. The zero-order chi connectivity index (χ0) is 8.27. The van der Waals surface area contributed by atoms with E-state index >= 15 is 0 Å². The lowest BCUT2D eigenvalue weighted by Gasteiger charge is -1.91. The molecule has 54 valence electrons. The van der Waals surface area contributed by atoms with E-state index in [1.54, 1.807) is 0 Å². The minimum Gasteiger partial charge on any atom is -0.478 e. The highest BCUT2D eigenvalue weighted by Gasteiger charge is 1.99. The molecule has 0 fully saturated rings. The molecule has 1 N–H and O–H groups in total. The van der Waals surface area contributed by atoms with Crippen molar-refractivity contribution in [2.45, 2.75) is 0 Å². The first-order valence-electron chi connectivity index (χ1n) is 2.97. The summed E-state index contributed by atoms with van der Waals surface area (Å²) in [4.78, 5) is 10.3. The van der Waals surface area contributed by atoms with Crippen molar-refractivity contribution in [1.82, 2.24) is 0 Å². The summed E-state index contributed by atoms with van der Waals surface area (Å²) >= 11 is 0. The summed E-state index contributed by atoms with van der Waals surface area (Å²) in [6, 6.07) is 7.66. The number of benzene rings is 1. The summed E-state index contributed by atoms with van der Waals surface area (Å²) < 4.78 is 0. The number of carboxylic acids is 1. The van der Waals surface area contributed by atoms with E-state index in [-0.39, 0.29) is 5.56 Å². The highest BCUT2D eigenvalue weighted by Crippen LogP contribution is 2.02. The average molecular weight is 146 g/mol. The first-order chi connectivity index (χ1) is 5.24. The van der Waals surface area contributed by atoms with Crippen LogP contribution in [0.4, 0.5) is 0 Å². The van der Waals surface area contributed by atoms with Crippen molar-refractivity contribution >= 4 is 5.97 Å². The molecule has 0 aliphatic rings. The van der Waals surface area contributed by atoms with Gasteiger partial charge < -0.3 is 5.11 Å². The summed E-state index contributed by atoms with van der Waals surface area (Å²) in [6.07, 6.45) is 0. The molecule has 1 aromatic carbocycles. The molecule has 0 aromatic heterocycles. The van der Waals surface area contributed by atoms with E-state index in [2.05, 4.69) is 0 Å². The minimum atomic E-state index is -0.977. The highest BCUT2D eigenvalue weighted by atomic mass is 16.3. The maximum absolute atomic E-state index is 10.3. The van der Waals surface area contributed by atoms with Crippen molar-refractivity contribution in [3.8, 4) is 6.07 Å². The maximum Gasteiger partial charge on any atom is 0.335 e. The van der Waals surface area contributed by atoms with Gasteiger partial charge in [-0.1, -0.05) is 0 Å². The highest BCUT2D eigenvalue weighted by molar-refractivity contribution is 5.87. The zero-order valence-electron chi connectivity index (χ0n) is 5.61. The lowest BCUT2D eigenvalue weighted by atomic mass is 9.94. The predicted molar refractivity (Wildman–Crippen MR) is 38.1 cm³/mol. The summed E-state index contributed by atoms with van der Waals surface area (Å²) in [5.74, 6) is -0.977. The van der Waals surface area contributed by atoms with Crippen LogP contribution in [0.15, 0.2) is 24.3 Å². The van der Waals surface area contributed by atoms with Gasteiger partial charge in [0.25, 0.3) is 0 Å². The summed E-state index contributed by atoms with van der Waals surface area (Å²) in [6.45, 7) is 0. The fourth-order valence-corrected chi connectivity index (χ4v) is 0.687. The topological polar surface area (TPSA) is 61.1 Å². The van der Waals surface area contributed by atoms with Gasteiger partial charge in [-0.25, -0.2) is 4.79 Å². The van der Waals surface area contributed by atoms with Crippen LogP contribution in [0.5, 0.6) is 0 Å². The van der Waals surface area contributed by atoms with Gasteiger partial charge in [-0.3, -0.25) is 0 Å². The molecule has 0 unspecified atom stereocenters. The van der Waals surface area contributed by atoms with Crippen molar-refractivity contribution < 1.29 is 9.90 Å². The SMILES string of the molecule is N#Cc1ccc([11C](=O)O)cc1. The molecule has 0 heterocycles. The normalized spacial score (nSPS) is 8.64. The Morgan fingerprint density at radius 1 is 1.36 bits per heavy atom. The van der Waals surface area contributed by atoms with Crippen LogP contribution in [0.3, 0.4) is 0 Å². The minimum absolute atomic E-state index is 0.198. The number of carboxylic acid groups (broad SMARTS) is 1. The second-order valence-electron chi connectivity index (χ2n) is 1.99. The molecule has 0 saturated heterocycles. The number of hydrogen-bond acceptors (Lipinski definition) is 2. The molecule has 0 bridgehead atoms. The predicted octanol–water partition coefficient (Wildman–Crippen LogP) is 1.26. The van der Waals surface area contributed by atoms with Crippen molar-refractivity contribution in [1.29, 1.82) is 5.26 Å². The van der Waals surface area contributed by atoms with Crippen LogP contribution in [-0.2, 0) is 0 Å². The van der Waals surface area contributed by atoms with Crippen LogP contribution in [0.1, 0.15) is 15.9 Å². The average Bonchev–Trinajstić information content (AvgIpc) is 2.05. The molecule has 1 rings (SSSR count). The third-order valence-electron chi connectivity index (χ3n) is 1.26. The van der Waals surface area contributed by atoms with Gasteiger partial charge in [0.15, 0.2) is 0 Å². The number of carbonyl (C=O) groups is 1. The molecule has 0 aliphatic heterocycles. The van der Waals surface area contributed by atoms with Gasteiger partial charge in [-0.15, -0.1) is 0 Å². The van der Waals surface area contributed by atoms with E-state index < -0.39 is 5.97 Å². The molecule has 0 amide bonds. The van der Waals surface area contributed by atoms with Crippen LogP contribution in [0, 0.1) is 11.3 Å². The molecule has 0 spiro atoms. The lowest BCUT2D eigenvalue weighted by molar-refractivity contribution is 0.0697. The van der Waals surface area contributed by atoms with E-state index in [4.69, 9.17) is 10.4 Å². The molecular weight excluding hydrogens is 141 g/mol. The number of nitriles is 1. The fourth-order valence-electron chi connectivity index (χ4n) is 0.687. The van der Waals surface area contributed by atoms with Gasteiger partial charge in [-0.2, -0.15) is 5.26 Å². The number of hydrogen-bond donors (Lipinski definition) is 1. The second kappa shape index (κ2) is 2.84. The van der Waals surface area contributed by atoms with Crippen molar-refractivity contribution in [3.63, 3.8) is 0 Å². The summed E-state index contributed by atoms with van der Waals surface area (Å²) in [5, 5.41) is 16.8. The van der Waals surface area contributed by atoms with Gasteiger partial charge in [-0.05, 0) is 24.3 Å². The maximum atomic E-state index is 10.3. The van der Waals surface area contributed by atoms with E-state index in [1.165, 1.54) is 24.3 Å². The van der Waals surface area contributed by atoms with Crippen molar-refractivity contribution in [3.05, 3.63) is 35.4 Å². The Morgan fingerprint density at radius 3 is 2.27 bits per heavy atom. The van der Waals surface area contributed by atoms with Gasteiger partial charge in [0.05, 0.1) is 17.2 Å². The molecule has 0 aliphatic carbocycles. The Morgan fingerprint density at radius 2 is 1.91 bits per heavy atom. The molecule has 0 radical (unpaired) electrons. The Bertz CT molecular complexity index is 308. The van der Waals surface area contributed by atoms with Gasteiger partial charge in [0.2, 0.25) is 0 Å². The lowest BCUT2D eigenvalue weighted by Crippen LogP contribution is -1.94. The van der Waals surface area contributed by atoms with E-state index in [9.17, 15) is 4.79 Å². The Labute approximate surface area is 63.5 Å². The van der Waals surface area contributed by atoms with Crippen LogP contribution in [0.25, 0.3) is 0 Å². The quantitative estimate of drug-likeness (QED) is 0.648. The second-order valence-corrected chi connectivity index (χ2v) is 1.99. The van der Waals surface area contributed by atoms with E-state index in [1.807, 2.05) is 6.07 Å². The van der Waals surface area contributed by atoms with Crippen LogP contribution in [0.2, 0.25) is 0 Å². The molecule has 3 heteroatoms. The van der Waals surface area contributed by atoms with E-state index in [0.29, 0.717) is 5.56 Å². The van der Waals surface area contributed by atoms with Crippen LogP contribution < -0.4 is 0 Å². The Kier molecular flexibility index (Phi) is 1.88. The number of rotatable bonds is 1. The Balaban J connectivity index is 3.03. The van der Waals surface area contributed by atoms with Gasteiger partial charge in [0, 0.05) is 0 Å². The zero-order valence-corrected chi connectivity index (χ0v) is 5.61. The first-order valence-corrected chi connectivity index (χ1v) is 2.97. The van der Waals surface area contributed by atoms with Crippen LogP contribution in [-0.4, -0.2) is 11.1 Å². The fraction of sp³-hybridized carbons (Fsp3) is 0. The largest absolute Gasteiger partial charge is 0.478 e. The number of nitrogens with zero attached hydrogens (tertiary/aromatic N) is 1. The molecule has 0 saturated carbocycles. The van der Waals surface area contributed by atoms with Crippen molar-refractivity contribution in [2.75, 3.05) is 0 Å². The van der Waals surface area contributed by atoms with Gasteiger partial charge >= 0.3 is 5.97 Å². The van der Waals surface area contributed by atoms with E-state index in [0.717, 1.165) is 0 Å². The monoisotopic (exact) mass is 146 g/mol.